The summed E-state index contributed by atoms with van der Waals surface area (Å²) in [5.41, 5.74) is 4.92. The normalized spacial score (nSPS) is 12.3. The molecular weight excluding hydrogens is 410 g/mol. The standard InChI is InChI=1S/C33H33N/c1-32(2,3)27-18-20-28(21-19-27)33(4,5)34(29-22-17-24-11-6-7-13-26(24)23-29)31-16-10-14-25-12-8-9-15-30(25)31/h6-23H,1-5H3. The second-order valence-electron chi connectivity index (χ2n) is 10.8. The van der Waals surface area contributed by atoms with Gasteiger partial charge in [-0.1, -0.05) is 112 Å². The fraction of sp³-hybridized carbons (Fsp3) is 0.212. The third-order valence-corrected chi connectivity index (χ3v) is 7.02. The highest BCUT2D eigenvalue weighted by atomic mass is 15.2. The smallest absolute Gasteiger partial charge is 0.0646 e. The molecule has 0 N–H and O–H groups in total. The lowest BCUT2D eigenvalue weighted by atomic mass is 9.83. The fourth-order valence-corrected chi connectivity index (χ4v) is 4.99. The van der Waals surface area contributed by atoms with Crippen LogP contribution in [0.4, 0.5) is 11.4 Å². The van der Waals surface area contributed by atoms with E-state index in [1.165, 1.54) is 44.0 Å². The highest BCUT2D eigenvalue weighted by Crippen LogP contribution is 2.43. The van der Waals surface area contributed by atoms with Gasteiger partial charge in [0.2, 0.25) is 0 Å². The Morgan fingerprint density at radius 1 is 0.500 bits per heavy atom. The van der Waals surface area contributed by atoms with Gasteiger partial charge in [0.15, 0.2) is 0 Å². The summed E-state index contributed by atoms with van der Waals surface area (Å²) in [6.07, 6.45) is 0. The first-order valence-corrected chi connectivity index (χ1v) is 12.1. The Hall–Kier alpha value is -3.58. The third-order valence-electron chi connectivity index (χ3n) is 7.02. The van der Waals surface area contributed by atoms with Crippen molar-refractivity contribution >= 4 is 32.9 Å². The maximum Gasteiger partial charge on any atom is 0.0646 e. The zero-order chi connectivity index (χ0) is 23.9. The van der Waals surface area contributed by atoms with Crippen LogP contribution in [0, 0.1) is 0 Å². The molecule has 0 aliphatic heterocycles. The minimum atomic E-state index is -0.275. The summed E-state index contributed by atoms with van der Waals surface area (Å²) in [5, 5.41) is 5.03. The van der Waals surface area contributed by atoms with E-state index < -0.39 is 0 Å². The highest BCUT2D eigenvalue weighted by Gasteiger charge is 2.32. The largest absolute Gasteiger partial charge is 0.331 e. The van der Waals surface area contributed by atoms with Crippen LogP contribution in [-0.4, -0.2) is 0 Å². The molecule has 0 unspecified atom stereocenters. The average Bonchev–Trinajstić information content (AvgIpc) is 2.84. The first-order chi connectivity index (χ1) is 16.2. The van der Waals surface area contributed by atoms with E-state index in [-0.39, 0.29) is 11.0 Å². The Morgan fingerprint density at radius 3 is 1.79 bits per heavy atom. The molecule has 0 atom stereocenters. The van der Waals surface area contributed by atoms with Crippen molar-refractivity contribution in [1.82, 2.24) is 0 Å². The minimum absolute atomic E-state index is 0.135. The monoisotopic (exact) mass is 443 g/mol. The Bertz CT molecular complexity index is 1450. The van der Waals surface area contributed by atoms with Crippen LogP contribution in [0.2, 0.25) is 0 Å². The van der Waals surface area contributed by atoms with Gasteiger partial charge in [0, 0.05) is 16.8 Å². The lowest BCUT2D eigenvalue weighted by Crippen LogP contribution is -2.38. The Balaban J connectivity index is 1.73. The number of anilines is 2. The SMILES string of the molecule is CC(C)(C)c1ccc(C(C)(C)N(c2ccc3ccccc3c2)c2cccc3ccccc23)cc1. The number of hydrogen-bond acceptors (Lipinski definition) is 1. The van der Waals surface area contributed by atoms with E-state index in [0.717, 1.165) is 0 Å². The van der Waals surface area contributed by atoms with Crippen molar-refractivity contribution < 1.29 is 0 Å². The second-order valence-corrected chi connectivity index (χ2v) is 10.8. The molecule has 5 aromatic carbocycles. The lowest BCUT2D eigenvalue weighted by Gasteiger charge is -2.42. The molecule has 0 aliphatic carbocycles. The molecule has 0 spiro atoms. The second kappa shape index (κ2) is 8.33. The topological polar surface area (TPSA) is 3.24 Å². The Morgan fingerprint density at radius 2 is 1.09 bits per heavy atom. The summed E-state index contributed by atoms with van der Waals surface area (Å²) in [5.74, 6) is 0. The van der Waals surface area contributed by atoms with Crippen molar-refractivity contribution in [2.24, 2.45) is 0 Å². The molecule has 0 radical (unpaired) electrons. The van der Waals surface area contributed by atoms with Crippen LogP contribution in [-0.2, 0) is 11.0 Å². The zero-order valence-corrected chi connectivity index (χ0v) is 20.8. The maximum absolute atomic E-state index is 2.51. The third kappa shape index (κ3) is 3.96. The van der Waals surface area contributed by atoms with Gasteiger partial charge < -0.3 is 4.90 Å². The van der Waals surface area contributed by atoms with E-state index in [1.807, 2.05) is 0 Å². The highest BCUT2D eigenvalue weighted by molar-refractivity contribution is 5.97. The van der Waals surface area contributed by atoms with E-state index in [9.17, 15) is 0 Å². The lowest BCUT2D eigenvalue weighted by molar-refractivity contribution is 0.534. The van der Waals surface area contributed by atoms with Gasteiger partial charge >= 0.3 is 0 Å². The molecule has 1 nitrogen and oxygen atoms in total. The van der Waals surface area contributed by atoms with Crippen molar-refractivity contribution in [1.29, 1.82) is 0 Å². The number of benzene rings is 5. The average molecular weight is 444 g/mol. The summed E-state index contributed by atoms with van der Waals surface area (Å²) in [7, 11) is 0. The molecule has 5 aromatic rings. The molecule has 34 heavy (non-hydrogen) atoms. The quantitative estimate of drug-likeness (QED) is 0.267. The Labute approximate surface area is 203 Å². The number of nitrogens with zero attached hydrogens (tertiary/aromatic N) is 1. The minimum Gasteiger partial charge on any atom is -0.331 e. The van der Waals surface area contributed by atoms with E-state index in [0.29, 0.717) is 0 Å². The van der Waals surface area contributed by atoms with Gasteiger partial charge in [-0.25, -0.2) is 0 Å². The fourth-order valence-electron chi connectivity index (χ4n) is 4.99. The van der Waals surface area contributed by atoms with Gasteiger partial charge in [0.25, 0.3) is 0 Å². The molecule has 5 rings (SSSR count). The van der Waals surface area contributed by atoms with Crippen molar-refractivity contribution in [2.75, 3.05) is 4.90 Å². The molecule has 0 fully saturated rings. The summed E-state index contributed by atoms with van der Waals surface area (Å²) in [6.45, 7) is 11.5. The van der Waals surface area contributed by atoms with Crippen molar-refractivity contribution in [2.45, 2.75) is 45.6 Å². The summed E-state index contributed by atoms with van der Waals surface area (Å²) < 4.78 is 0. The van der Waals surface area contributed by atoms with Gasteiger partial charge in [0.05, 0.1) is 5.54 Å². The van der Waals surface area contributed by atoms with E-state index in [4.69, 9.17) is 0 Å². The molecule has 0 heterocycles. The summed E-state index contributed by atoms with van der Waals surface area (Å²) in [6, 6.07) is 39.9. The number of fused-ring (bicyclic) bond motifs is 2. The predicted molar refractivity (Wildman–Crippen MR) is 148 cm³/mol. The molecule has 1 heteroatoms. The number of rotatable bonds is 4. The van der Waals surface area contributed by atoms with Crippen molar-refractivity contribution in [3.63, 3.8) is 0 Å². The van der Waals surface area contributed by atoms with E-state index in [2.05, 4.69) is 149 Å². The Kier molecular flexibility index (Phi) is 5.44. The van der Waals surface area contributed by atoms with E-state index >= 15 is 0 Å². The van der Waals surface area contributed by atoms with Crippen LogP contribution in [0.3, 0.4) is 0 Å². The molecule has 170 valence electrons. The molecule has 0 aromatic heterocycles. The van der Waals surface area contributed by atoms with Crippen molar-refractivity contribution in [3.05, 3.63) is 120 Å². The first kappa shape index (κ1) is 22.2. The molecular formula is C33H33N. The van der Waals surface area contributed by atoms with Crippen LogP contribution in [0.1, 0.15) is 45.7 Å². The summed E-state index contributed by atoms with van der Waals surface area (Å²) in [4.78, 5) is 2.51. The van der Waals surface area contributed by atoms with Gasteiger partial charge in [-0.2, -0.15) is 0 Å². The predicted octanol–water partition coefficient (Wildman–Crippen LogP) is 9.36. The molecule has 0 aliphatic rings. The van der Waals surface area contributed by atoms with Crippen LogP contribution >= 0.6 is 0 Å². The van der Waals surface area contributed by atoms with Gasteiger partial charge in [-0.15, -0.1) is 0 Å². The molecule has 0 amide bonds. The molecule has 0 saturated heterocycles. The van der Waals surface area contributed by atoms with Gasteiger partial charge in [0.1, 0.15) is 0 Å². The van der Waals surface area contributed by atoms with E-state index in [1.54, 1.807) is 0 Å². The molecule has 0 bridgehead atoms. The van der Waals surface area contributed by atoms with Crippen LogP contribution in [0.25, 0.3) is 21.5 Å². The summed E-state index contributed by atoms with van der Waals surface area (Å²) >= 11 is 0. The van der Waals surface area contributed by atoms with Crippen LogP contribution in [0.5, 0.6) is 0 Å². The van der Waals surface area contributed by atoms with Crippen LogP contribution in [0.15, 0.2) is 109 Å². The van der Waals surface area contributed by atoms with Gasteiger partial charge in [-0.05, 0) is 64.7 Å². The molecule has 0 saturated carbocycles. The van der Waals surface area contributed by atoms with Crippen LogP contribution < -0.4 is 4.90 Å². The number of hydrogen-bond donors (Lipinski definition) is 0. The maximum atomic E-state index is 2.51. The first-order valence-electron chi connectivity index (χ1n) is 12.1. The van der Waals surface area contributed by atoms with Crippen molar-refractivity contribution in [3.8, 4) is 0 Å². The van der Waals surface area contributed by atoms with Gasteiger partial charge in [-0.3, -0.25) is 0 Å². The zero-order valence-electron chi connectivity index (χ0n) is 20.8.